The molecule has 1 aromatic carbocycles. The lowest BCUT2D eigenvalue weighted by Crippen LogP contribution is -1.95. The molecule has 0 saturated carbocycles. The Bertz CT molecular complexity index is 966. The van der Waals surface area contributed by atoms with Gasteiger partial charge in [0.2, 0.25) is 0 Å². The van der Waals surface area contributed by atoms with Crippen LogP contribution in [0.2, 0.25) is 0 Å². The van der Waals surface area contributed by atoms with Gasteiger partial charge in [0.05, 0.1) is 5.69 Å². The molecule has 0 bridgehead atoms. The van der Waals surface area contributed by atoms with Crippen molar-refractivity contribution < 1.29 is 4.39 Å². The third-order valence-corrected chi connectivity index (χ3v) is 4.73. The molecule has 2 heterocycles. The van der Waals surface area contributed by atoms with Gasteiger partial charge in [-0.15, -0.1) is 0 Å². The van der Waals surface area contributed by atoms with E-state index in [-0.39, 0.29) is 5.83 Å². The predicted octanol–water partition coefficient (Wildman–Crippen LogP) is 5.23. The van der Waals surface area contributed by atoms with Gasteiger partial charge in [-0.1, -0.05) is 30.3 Å². The SMILES string of the molecule is NCc1ccc(-c2cc(C3=CC=C(F)CC3)c(-c3ccncc3)[nH]2)cc1. The Kier molecular flexibility index (Phi) is 4.50. The van der Waals surface area contributed by atoms with E-state index in [0.717, 1.165) is 39.2 Å². The summed E-state index contributed by atoms with van der Waals surface area (Å²) >= 11 is 0. The fraction of sp³-hybridized carbons (Fsp3) is 0.136. The number of halogens is 1. The minimum Gasteiger partial charge on any atom is -0.354 e. The van der Waals surface area contributed by atoms with Crippen LogP contribution in [-0.2, 0) is 6.54 Å². The standard InChI is InChI=1S/C22H20FN3/c23-19-7-5-16(6-8-19)20-13-21(17-3-1-15(14-24)2-4-17)26-22(20)18-9-11-25-12-10-18/h1-5,7,9-13,26H,6,8,14,24H2. The number of nitrogens with zero attached hydrogens (tertiary/aromatic N) is 1. The minimum atomic E-state index is -0.0626. The molecule has 3 N–H and O–H groups in total. The Morgan fingerprint density at radius 2 is 1.73 bits per heavy atom. The quantitative estimate of drug-likeness (QED) is 0.680. The molecule has 26 heavy (non-hydrogen) atoms. The first-order valence-corrected chi connectivity index (χ1v) is 8.73. The third-order valence-electron chi connectivity index (χ3n) is 4.73. The number of hydrogen-bond donors (Lipinski definition) is 2. The fourth-order valence-electron chi connectivity index (χ4n) is 3.27. The van der Waals surface area contributed by atoms with E-state index >= 15 is 0 Å². The molecule has 0 radical (unpaired) electrons. The van der Waals surface area contributed by atoms with Crippen molar-refractivity contribution in [2.75, 3.05) is 0 Å². The number of H-pyrrole nitrogens is 1. The topological polar surface area (TPSA) is 54.7 Å². The zero-order chi connectivity index (χ0) is 17.9. The summed E-state index contributed by atoms with van der Waals surface area (Å²) in [4.78, 5) is 7.65. The highest BCUT2D eigenvalue weighted by Crippen LogP contribution is 2.37. The molecule has 4 heteroatoms. The van der Waals surface area contributed by atoms with Crippen molar-refractivity contribution in [2.24, 2.45) is 5.73 Å². The Morgan fingerprint density at radius 1 is 0.962 bits per heavy atom. The lowest BCUT2D eigenvalue weighted by atomic mass is 9.94. The van der Waals surface area contributed by atoms with Gasteiger partial charge < -0.3 is 10.7 Å². The number of rotatable bonds is 4. The van der Waals surface area contributed by atoms with Crippen LogP contribution < -0.4 is 5.73 Å². The summed E-state index contributed by atoms with van der Waals surface area (Å²) in [5.74, 6) is -0.0626. The number of aromatic amines is 1. The number of nitrogens with two attached hydrogens (primary N) is 1. The number of pyridine rings is 1. The highest BCUT2D eigenvalue weighted by atomic mass is 19.1. The van der Waals surface area contributed by atoms with E-state index in [9.17, 15) is 4.39 Å². The van der Waals surface area contributed by atoms with Gasteiger partial charge in [-0.05, 0) is 47.4 Å². The van der Waals surface area contributed by atoms with Gasteiger partial charge in [0.1, 0.15) is 5.83 Å². The number of aromatic nitrogens is 2. The van der Waals surface area contributed by atoms with Crippen LogP contribution in [0.15, 0.2) is 72.8 Å². The van der Waals surface area contributed by atoms with E-state index in [1.165, 1.54) is 0 Å². The summed E-state index contributed by atoms with van der Waals surface area (Å²) in [7, 11) is 0. The third kappa shape index (κ3) is 3.24. The molecule has 0 saturated heterocycles. The van der Waals surface area contributed by atoms with E-state index in [0.29, 0.717) is 19.4 Å². The lowest BCUT2D eigenvalue weighted by molar-refractivity contribution is 0.590. The summed E-state index contributed by atoms with van der Waals surface area (Å²) in [6.45, 7) is 0.531. The summed E-state index contributed by atoms with van der Waals surface area (Å²) < 4.78 is 13.4. The highest BCUT2D eigenvalue weighted by Gasteiger charge is 2.17. The molecule has 0 aliphatic heterocycles. The Morgan fingerprint density at radius 3 is 2.38 bits per heavy atom. The smallest absolute Gasteiger partial charge is 0.100 e. The molecule has 0 unspecified atom stereocenters. The van der Waals surface area contributed by atoms with Crippen molar-refractivity contribution in [3.8, 4) is 22.5 Å². The molecule has 1 aliphatic rings. The van der Waals surface area contributed by atoms with Crippen LogP contribution >= 0.6 is 0 Å². The summed E-state index contributed by atoms with van der Waals surface area (Å²) in [6, 6.07) is 14.3. The van der Waals surface area contributed by atoms with Crippen molar-refractivity contribution in [3.63, 3.8) is 0 Å². The molecule has 4 rings (SSSR count). The van der Waals surface area contributed by atoms with Gasteiger partial charge in [0.25, 0.3) is 0 Å². The summed E-state index contributed by atoms with van der Waals surface area (Å²) in [5, 5.41) is 0. The van der Waals surface area contributed by atoms with E-state index < -0.39 is 0 Å². The molecular formula is C22H20FN3. The second kappa shape index (κ2) is 7.10. The van der Waals surface area contributed by atoms with Crippen LogP contribution in [0, 0.1) is 0 Å². The Labute approximate surface area is 152 Å². The molecule has 0 amide bonds. The van der Waals surface area contributed by atoms with Crippen molar-refractivity contribution >= 4 is 5.57 Å². The van der Waals surface area contributed by atoms with Gasteiger partial charge >= 0.3 is 0 Å². The monoisotopic (exact) mass is 345 g/mol. The molecule has 130 valence electrons. The minimum absolute atomic E-state index is 0.0626. The summed E-state index contributed by atoms with van der Waals surface area (Å²) in [6.07, 6.45) is 8.16. The first kappa shape index (κ1) is 16.5. The molecule has 0 spiro atoms. The molecule has 0 atom stereocenters. The predicted molar refractivity (Wildman–Crippen MR) is 104 cm³/mol. The molecule has 2 aromatic heterocycles. The van der Waals surface area contributed by atoms with Crippen molar-refractivity contribution in [1.29, 1.82) is 0 Å². The zero-order valence-corrected chi connectivity index (χ0v) is 14.4. The van der Waals surface area contributed by atoms with Crippen molar-refractivity contribution in [2.45, 2.75) is 19.4 Å². The summed E-state index contributed by atoms with van der Waals surface area (Å²) in [5.41, 5.74) is 13.3. The van der Waals surface area contributed by atoms with E-state index in [1.54, 1.807) is 18.5 Å². The number of hydrogen-bond acceptors (Lipinski definition) is 2. The first-order chi connectivity index (χ1) is 12.7. The fourth-order valence-corrected chi connectivity index (χ4v) is 3.27. The van der Waals surface area contributed by atoms with Crippen LogP contribution in [-0.4, -0.2) is 9.97 Å². The van der Waals surface area contributed by atoms with Crippen molar-refractivity contribution in [1.82, 2.24) is 9.97 Å². The second-order valence-electron chi connectivity index (χ2n) is 6.41. The van der Waals surface area contributed by atoms with Crippen LogP contribution in [0.5, 0.6) is 0 Å². The van der Waals surface area contributed by atoms with E-state index in [1.807, 2.05) is 30.3 Å². The lowest BCUT2D eigenvalue weighted by Gasteiger charge is -2.11. The molecule has 1 aliphatic carbocycles. The number of allylic oxidation sites excluding steroid dienone is 4. The van der Waals surface area contributed by atoms with Crippen molar-refractivity contribution in [3.05, 3.63) is 84.0 Å². The zero-order valence-electron chi connectivity index (χ0n) is 14.4. The largest absolute Gasteiger partial charge is 0.354 e. The Balaban J connectivity index is 1.82. The van der Waals surface area contributed by atoms with Gasteiger partial charge in [-0.25, -0.2) is 4.39 Å². The van der Waals surface area contributed by atoms with E-state index in [4.69, 9.17) is 5.73 Å². The average molecular weight is 345 g/mol. The molecule has 0 fully saturated rings. The molecule has 3 nitrogen and oxygen atoms in total. The Hall–Kier alpha value is -2.98. The molecule has 3 aromatic rings. The normalized spacial score (nSPS) is 14.1. The van der Waals surface area contributed by atoms with Gasteiger partial charge in [-0.3, -0.25) is 4.98 Å². The van der Waals surface area contributed by atoms with E-state index in [2.05, 4.69) is 28.2 Å². The first-order valence-electron chi connectivity index (χ1n) is 8.73. The van der Waals surface area contributed by atoms with Gasteiger partial charge in [-0.2, -0.15) is 0 Å². The highest BCUT2D eigenvalue weighted by molar-refractivity contribution is 5.84. The number of nitrogens with one attached hydrogen (secondary N) is 1. The number of benzene rings is 1. The molecular weight excluding hydrogens is 325 g/mol. The maximum absolute atomic E-state index is 13.4. The van der Waals surface area contributed by atoms with Crippen LogP contribution in [0.3, 0.4) is 0 Å². The van der Waals surface area contributed by atoms with Crippen LogP contribution in [0.1, 0.15) is 24.0 Å². The second-order valence-corrected chi connectivity index (χ2v) is 6.41. The van der Waals surface area contributed by atoms with Gasteiger partial charge in [0.15, 0.2) is 0 Å². The maximum atomic E-state index is 13.4. The van der Waals surface area contributed by atoms with Crippen LogP contribution in [0.4, 0.5) is 4.39 Å². The maximum Gasteiger partial charge on any atom is 0.100 e. The van der Waals surface area contributed by atoms with Gasteiger partial charge in [0, 0.05) is 42.2 Å². The average Bonchev–Trinajstić information content (AvgIpc) is 3.15. The van der Waals surface area contributed by atoms with Crippen LogP contribution in [0.25, 0.3) is 28.1 Å².